The molecule has 0 saturated carbocycles. The highest BCUT2D eigenvalue weighted by Gasteiger charge is 2.19. The van der Waals surface area contributed by atoms with Crippen molar-refractivity contribution in [2.75, 3.05) is 6.54 Å². The molecule has 0 aliphatic carbocycles. The average molecular weight is 342 g/mol. The van der Waals surface area contributed by atoms with Crippen LogP contribution in [-0.4, -0.2) is 6.54 Å². The molecule has 1 N–H and O–H groups in total. The predicted molar refractivity (Wildman–Crippen MR) is 83.3 cm³/mol. The van der Waals surface area contributed by atoms with Crippen molar-refractivity contribution >= 4 is 27.3 Å². The fraction of sp³-hybridized carbons (Fsp3) is 0.333. The highest BCUT2D eigenvalue weighted by molar-refractivity contribution is 9.10. The fourth-order valence-corrected chi connectivity index (χ4v) is 3.32. The summed E-state index contributed by atoms with van der Waals surface area (Å²) < 4.78 is 14.5. The van der Waals surface area contributed by atoms with E-state index < -0.39 is 0 Å². The molecule has 0 aliphatic rings. The molecule has 1 aromatic carbocycles. The Morgan fingerprint density at radius 2 is 2.11 bits per heavy atom. The van der Waals surface area contributed by atoms with Crippen LogP contribution in [0.2, 0.25) is 0 Å². The lowest BCUT2D eigenvalue weighted by atomic mass is 9.99. The monoisotopic (exact) mass is 341 g/mol. The van der Waals surface area contributed by atoms with Gasteiger partial charge in [0, 0.05) is 9.35 Å². The quantitative estimate of drug-likeness (QED) is 0.802. The van der Waals surface area contributed by atoms with Crippen molar-refractivity contribution in [2.45, 2.75) is 26.3 Å². The van der Waals surface area contributed by atoms with Crippen LogP contribution in [0.3, 0.4) is 0 Å². The Labute approximate surface area is 126 Å². The number of thiophene rings is 1. The number of aryl methyl sites for hydroxylation is 1. The van der Waals surface area contributed by atoms with Crippen molar-refractivity contribution in [1.82, 2.24) is 5.32 Å². The lowest BCUT2D eigenvalue weighted by molar-refractivity contribution is 0.583. The zero-order valence-electron chi connectivity index (χ0n) is 11.0. The Hall–Kier alpha value is -0.710. The van der Waals surface area contributed by atoms with Crippen LogP contribution < -0.4 is 5.32 Å². The van der Waals surface area contributed by atoms with Gasteiger partial charge in [0.2, 0.25) is 0 Å². The first-order valence-electron chi connectivity index (χ1n) is 6.35. The van der Waals surface area contributed by atoms with Gasteiger partial charge in [-0.2, -0.15) is 0 Å². The maximum atomic E-state index is 13.5. The molecule has 19 heavy (non-hydrogen) atoms. The maximum Gasteiger partial charge on any atom is 0.123 e. The molecule has 1 nitrogen and oxygen atoms in total. The first kappa shape index (κ1) is 14.7. The summed E-state index contributed by atoms with van der Waals surface area (Å²) >= 11 is 5.25. The van der Waals surface area contributed by atoms with E-state index in [0.717, 1.165) is 23.0 Å². The van der Waals surface area contributed by atoms with Crippen molar-refractivity contribution in [3.63, 3.8) is 0 Å². The first-order chi connectivity index (χ1) is 9.13. The molecule has 0 radical (unpaired) electrons. The van der Waals surface area contributed by atoms with Gasteiger partial charge >= 0.3 is 0 Å². The van der Waals surface area contributed by atoms with Crippen LogP contribution in [0.5, 0.6) is 0 Å². The second-order valence-corrected chi connectivity index (χ2v) is 6.46. The van der Waals surface area contributed by atoms with Crippen molar-refractivity contribution in [3.8, 4) is 0 Å². The van der Waals surface area contributed by atoms with E-state index in [1.54, 1.807) is 23.5 Å². The minimum Gasteiger partial charge on any atom is -0.306 e. The van der Waals surface area contributed by atoms with Crippen molar-refractivity contribution in [3.05, 3.63) is 55.9 Å². The molecule has 2 rings (SSSR count). The van der Waals surface area contributed by atoms with Crippen LogP contribution in [0.1, 0.15) is 35.4 Å². The van der Waals surface area contributed by atoms with Crippen molar-refractivity contribution < 1.29 is 4.39 Å². The molecule has 102 valence electrons. The normalized spacial score (nSPS) is 12.6. The molecule has 0 spiro atoms. The SMILES string of the molecule is CCCNC(c1cc(F)ccc1Br)c1ccsc1C. The Balaban J connectivity index is 2.42. The van der Waals surface area contributed by atoms with E-state index in [2.05, 4.69) is 46.5 Å². The summed E-state index contributed by atoms with van der Waals surface area (Å²) in [5.41, 5.74) is 2.18. The molecular formula is C15H17BrFNS. The number of halogens is 2. The van der Waals surface area contributed by atoms with Gasteiger partial charge in [-0.05, 0) is 60.7 Å². The van der Waals surface area contributed by atoms with Gasteiger partial charge in [-0.15, -0.1) is 11.3 Å². The van der Waals surface area contributed by atoms with Crippen LogP contribution in [0, 0.1) is 12.7 Å². The molecule has 2 aromatic rings. The minimum absolute atomic E-state index is 0.0382. The summed E-state index contributed by atoms with van der Waals surface area (Å²) in [6.07, 6.45) is 1.05. The topological polar surface area (TPSA) is 12.0 Å². The number of nitrogens with one attached hydrogen (secondary N) is 1. The number of benzene rings is 1. The number of hydrogen-bond donors (Lipinski definition) is 1. The van der Waals surface area contributed by atoms with Crippen LogP contribution in [0.15, 0.2) is 34.1 Å². The molecule has 0 bridgehead atoms. The van der Waals surface area contributed by atoms with Gasteiger partial charge in [0.25, 0.3) is 0 Å². The summed E-state index contributed by atoms with van der Waals surface area (Å²) in [7, 11) is 0. The van der Waals surface area contributed by atoms with E-state index in [0.29, 0.717) is 0 Å². The number of hydrogen-bond acceptors (Lipinski definition) is 2. The smallest absolute Gasteiger partial charge is 0.123 e. The zero-order chi connectivity index (χ0) is 13.8. The molecule has 0 fully saturated rings. The largest absolute Gasteiger partial charge is 0.306 e. The van der Waals surface area contributed by atoms with Crippen LogP contribution in [0.25, 0.3) is 0 Å². The zero-order valence-corrected chi connectivity index (χ0v) is 13.4. The van der Waals surface area contributed by atoms with E-state index in [1.807, 2.05) is 0 Å². The first-order valence-corrected chi connectivity index (χ1v) is 8.03. The summed E-state index contributed by atoms with van der Waals surface area (Å²) in [6.45, 7) is 5.14. The number of rotatable bonds is 5. The lowest BCUT2D eigenvalue weighted by Crippen LogP contribution is -2.23. The highest BCUT2D eigenvalue weighted by Crippen LogP contribution is 2.32. The predicted octanol–water partition coefficient (Wildman–Crippen LogP) is 5.05. The summed E-state index contributed by atoms with van der Waals surface area (Å²) in [6, 6.07) is 7.01. The third kappa shape index (κ3) is 3.44. The van der Waals surface area contributed by atoms with Gasteiger partial charge in [0.15, 0.2) is 0 Å². The van der Waals surface area contributed by atoms with Gasteiger partial charge in [-0.25, -0.2) is 4.39 Å². The molecule has 0 saturated heterocycles. The fourth-order valence-electron chi connectivity index (χ4n) is 2.11. The molecule has 1 aromatic heterocycles. The standard InChI is InChI=1S/C15H17BrFNS/c1-3-7-18-15(12-6-8-19-10(12)2)13-9-11(17)4-5-14(13)16/h4-6,8-9,15,18H,3,7H2,1-2H3. The van der Waals surface area contributed by atoms with Gasteiger partial charge in [-0.1, -0.05) is 22.9 Å². The van der Waals surface area contributed by atoms with E-state index in [4.69, 9.17) is 0 Å². The Kier molecular flexibility index (Phi) is 5.13. The third-order valence-electron chi connectivity index (χ3n) is 3.08. The Morgan fingerprint density at radius 3 is 2.74 bits per heavy atom. The van der Waals surface area contributed by atoms with Gasteiger partial charge in [-0.3, -0.25) is 0 Å². The molecule has 1 heterocycles. The molecular weight excluding hydrogens is 325 g/mol. The Bertz CT molecular complexity index is 553. The summed E-state index contributed by atoms with van der Waals surface area (Å²) in [5.74, 6) is -0.200. The van der Waals surface area contributed by atoms with Crippen molar-refractivity contribution in [2.24, 2.45) is 0 Å². The van der Waals surface area contributed by atoms with Crippen molar-refractivity contribution in [1.29, 1.82) is 0 Å². The van der Waals surface area contributed by atoms with E-state index in [9.17, 15) is 4.39 Å². The lowest BCUT2D eigenvalue weighted by Gasteiger charge is -2.20. The van der Waals surface area contributed by atoms with Crippen LogP contribution in [-0.2, 0) is 0 Å². The highest BCUT2D eigenvalue weighted by atomic mass is 79.9. The van der Waals surface area contributed by atoms with Gasteiger partial charge < -0.3 is 5.32 Å². The van der Waals surface area contributed by atoms with E-state index in [1.165, 1.54) is 16.5 Å². The molecule has 1 unspecified atom stereocenters. The van der Waals surface area contributed by atoms with Crippen LogP contribution in [0.4, 0.5) is 4.39 Å². The van der Waals surface area contributed by atoms with E-state index >= 15 is 0 Å². The summed E-state index contributed by atoms with van der Waals surface area (Å²) in [5, 5.41) is 5.59. The maximum absolute atomic E-state index is 13.5. The molecule has 4 heteroatoms. The Morgan fingerprint density at radius 1 is 1.32 bits per heavy atom. The summed E-state index contributed by atoms with van der Waals surface area (Å²) in [4.78, 5) is 1.27. The van der Waals surface area contributed by atoms with E-state index in [-0.39, 0.29) is 11.9 Å². The third-order valence-corrected chi connectivity index (χ3v) is 4.66. The van der Waals surface area contributed by atoms with Gasteiger partial charge in [0.05, 0.1) is 6.04 Å². The second-order valence-electron chi connectivity index (χ2n) is 4.49. The average Bonchev–Trinajstić information content (AvgIpc) is 2.80. The van der Waals surface area contributed by atoms with Gasteiger partial charge in [0.1, 0.15) is 5.82 Å². The molecule has 1 atom stereocenters. The van der Waals surface area contributed by atoms with Crippen LogP contribution >= 0.6 is 27.3 Å². The molecule has 0 aliphatic heterocycles. The minimum atomic E-state index is -0.200. The second kappa shape index (κ2) is 6.64. The molecule has 0 amide bonds.